The first-order valence-electron chi connectivity index (χ1n) is 6.89. The predicted octanol–water partition coefficient (Wildman–Crippen LogP) is -0.895. The Morgan fingerprint density at radius 3 is 1.63 bits per heavy atom. The summed E-state index contributed by atoms with van der Waals surface area (Å²) < 4.78 is 3.70. The topological polar surface area (TPSA) is 0 Å². The fourth-order valence-corrected chi connectivity index (χ4v) is 6.34. The molecule has 2 aliphatic rings. The van der Waals surface area contributed by atoms with Gasteiger partial charge in [0.2, 0.25) is 0 Å². The monoisotopic (exact) mass is 462 g/mol. The van der Waals surface area contributed by atoms with E-state index < -0.39 is 23.2 Å². The summed E-state index contributed by atoms with van der Waals surface area (Å²) in [6, 6.07) is 0. The molecule has 0 nitrogen and oxygen atoms in total. The number of hydrogen-bond donors (Lipinski definition) is 0. The predicted molar refractivity (Wildman–Crippen MR) is 71.4 cm³/mol. The Labute approximate surface area is 150 Å². The van der Waals surface area contributed by atoms with Crippen LogP contribution < -0.4 is 34.0 Å². The summed E-state index contributed by atoms with van der Waals surface area (Å²) in [6.45, 7) is 4.58. The Kier molecular flexibility index (Phi) is 11.0. The van der Waals surface area contributed by atoms with Crippen molar-refractivity contribution in [3.05, 3.63) is 42.0 Å². The second kappa shape index (κ2) is 10.5. The summed E-state index contributed by atoms with van der Waals surface area (Å²) >= 11 is -0.443. The van der Waals surface area contributed by atoms with Crippen LogP contribution in [0.2, 0.25) is 0 Å². The average Bonchev–Trinajstić information content (AvgIpc) is 2.92. The van der Waals surface area contributed by atoms with Crippen LogP contribution in [0, 0.1) is 0 Å². The van der Waals surface area contributed by atoms with Gasteiger partial charge in [0.15, 0.2) is 0 Å². The van der Waals surface area contributed by atoms with Crippen LogP contribution in [0.1, 0.15) is 52.4 Å². The molecule has 3 heteroatoms. The third kappa shape index (κ3) is 5.60. The van der Waals surface area contributed by atoms with Gasteiger partial charge in [0.25, 0.3) is 0 Å². The van der Waals surface area contributed by atoms with E-state index in [9.17, 15) is 0 Å². The number of hydrogen-bond acceptors (Lipinski definition) is 0. The zero-order valence-corrected chi connectivity index (χ0v) is 17.4. The van der Waals surface area contributed by atoms with Crippen molar-refractivity contribution < 1.29 is 57.2 Å². The first-order chi connectivity index (χ1) is 8.35. The molecule has 2 rings (SSSR count). The molecule has 0 amide bonds. The first-order valence-corrected chi connectivity index (χ1v) is 9.35. The van der Waals surface area contributed by atoms with Crippen LogP contribution in [0.3, 0.4) is 0 Å². The number of allylic oxidation sites excluding steroid dienone is 8. The largest absolute Gasteiger partial charge is 1.00 e. The maximum absolute atomic E-state index is 2.39. The minimum Gasteiger partial charge on any atom is -1.00 e. The molecule has 0 bridgehead atoms. The minimum atomic E-state index is -0.443. The van der Waals surface area contributed by atoms with Crippen LogP contribution in [0.4, 0.5) is 0 Å². The van der Waals surface area contributed by atoms with Gasteiger partial charge >= 0.3 is 118 Å². The second-order valence-corrected chi connectivity index (χ2v) is 8.43. The molecule has 0 aromatic heterocycles. The molecule has 0 saturated heterocycles. The number of halogens is 2. The molecule has 0 radical (unpaired) electrons. The third-order valence-electron chi connectivity index (χ3n) is 3.40. The molecular formula is C16H22Br2Zr. The SMILES string of the molecule is CCCC1=[C]([Zr+2][C]2=C(CCC)C=CC2)CC=C1.[Br-].[Br-]. The van der Waals surface area contributed by atoms with Crippen molar-refractivity contribution in [2.75, 3.05) is 0 Å². The van der Waals surface area contributed by atoms with E-state index in [1.807, 2.05) is 6.56 Å². The summed E-state index contributed by atoms with van der Waals surface area (Å²) in [5.41, 5.74) is 3.38. The van der Waals surface area contributed by atoms with Gasteiger partial charge < -0.3 is 34.0 Å². The summed E-state index contributed by atoms with van der Waals surface area (Å²) in [5, 5.41) is 0. The maximum Gasteiger partial charge on any atom is -1.00 e. The summed E-state index contributed by atoms with van der Waals surface area (Å²) in [5.74, 6) is 0. The van der Waals surface area contributed by atoms with Crippen molar-refractivity contribution >= 4 is 0 Å². The van der Waals surface area contributed by atoms with E-state index in [-0.39, 0.29) is 34.0 Å². The zero-order chi connectivity index (χ0) is 12.1. The van der Waals surface area contributed by atoms with Crippen molar-refractivity contribution in [3.8, 4) is 0 Å². The van der Waals surface area contributed by atoms with Crippen LogP contribution >= 0.6 is 0 Å². The fourth-order valence-electron chi connectivity index (χ4n) is 2.55. The molecule has 0 spiro atoms. The van der Waals surface area contributed by atoms with Gasteiger partial charge in [0, 0.05) is 0 Å². The Hall–Kier alpha value is 0.803. The van der Waals surface area contributed by atoms with E-state index in [2.05, 4.69) is 38.2 Å². The van der Waals surface area contributed by atoms with Gasteiger partial charge in [0.1, 0.15) is 0 Å². The molecule has 0 saturated carbocycles. The fraction of sp³-hybridized carbons (Fsp3) is 0.500. The van der Waals surface area contributed by atoms with Crippen molar-refractivity contribution in [2.24, 2.45) is 0 Å². The van der Waals surface area contributed by atoms with Gasteiger partial charge in [-0.05, 0) is 0 Å². The Bertz CT molecular complexity index is 365. The van der Waals surface area contributed by atoms with Crippen molar-refractivity contribution in [1.82, 2.24) is 0 Å². The number of rotatable bonds is 6. The standard InChI is InChI=1S/2C8H11.2BrH.Zr/c2*1-2-5-8-6-3-4-7-8;;;/h2*3,6H,2,4-5H2,1H3;2*1H;/q;;;;+2/p-2. The maximum atomic E-state index is 2.39. The molecule has 19 heavy (non-hydrogen) atoms. The smallest absolute Gasteiger partial charge is 1.00 e. The molecule has 0 fully saturated rings. The molecule has 2 aliphatic carbocycles. The summed E-state index contributed by atoms with van der Waals surface area (Å²) in [7, 11) is 0. The molecular weight excluding hydrogens is 443 g/mol. The summed E-state index contributed by atoms with van der Waals surface area (Å²) in [6.07, 6.45) is 17.3. The van der Waals surface area contributed by atoms with Crippen molar-refractivity contribution in [1.29, 1.82) is 0 Å². The quantitative estimate of drug-likeness (QED) is 0.478. The third-order valence-corrected chi connectivity index (χ3v) is 7.46. The molecule has 0 unspecified atom stereocenters. The second-order valence-electron chi connectivity index (χ2n) is 4.85. The Balaban J connectivity index is 0.00000162. The molecule has 0 atom stereocenters. The molecule has 0 N–H and O–H groups in total. The van der Waals surface area contributed by atoms with E-state index in [1.165, 1.54) is 38.5 Å². The van der Waals surface area contributed by atoms with Crippen LogP contribution in [0.5, 0.6) is 0 Å². The Morgan fingerprint density at radius 2 is 1.26 bits per heavy atom. The molecule has 0 aliphatic heterocycles. The van der Waals surface area contributed by atoms with Crippen LogP contribution in [-0.2, 0) is 23.2 Å². The molecule has 0 aromatic carbocycles. The normalized spacial score (nSPS) is 16.5. The van der Waals surface area contributed by atoms with E-state index in [0.29, 0.717) is 0 Å². The molecule has 0 aromatic rings. The van der Waals surface area contributed by atoms with Crippen LogP contribution in [0.25, 0.3) is 0 Å². The first kappa shape index (κ1) is 19.8. The van der Waals surface area contributed by atoms with Gasteiger partial charge in [-0.1, -0.05) is 0 Å². The van der Waals surface area contributed by atoms with E-state index in [4.69, 9.17) is 0 Å². The van der Waals surface area contributed by atoms with Gasteiger partial charge in [-0.25, -0.2) is 0 Å². The van der Waals surface area contributed by atoms with Gasteiger partial charge in [-0.3, -0.25) is 0 Å². The van der Waals surface area contributed by atoms with E-state index >= 15 is 0 Å². The van der Waals surface area contributed by atoms with Gasteiger partial charge in [-0.15, -0.1) is 0 Å². The summed E-state index contributed by atoms with van der Waals surface area (Å²) in [4.78, 5) is 0. The van der Waals surface area contributed by atoms with Crippen LogP contribution in [-0.4, -0.2) is 0 Å². The van der Waals surface area contributed by atoms with Crippen LogP contribution in [0.15, 0.2) is 42.0 Å². The molecule has 0 heterocycles. The molecule has 104 valence electrons. The van der Waals surface area contributed by atoms with E-state index in [0.717, 1.165) is 0 Å². The van der Waals surface area contributed by atoms with Crippen molar-refractivity contribution in [2.45, 2.75) is 52.4 Å². The van der Waals surface area contributed by atoms with Gasteiger partial charge in [0.05, 0.1) is 0 Å². The van der Waals surface area contributed by atoms with Gasteiger partial charge in [-0.2, -0.15) is 0 Å². The Morgan fingerprint density at radius 1 is 0.842 bits per heavy atom. The zero-order valence-electron chi connectivity index (χ0n) is 11.8. The van der Waals surface area contributed by atoms with Crippen molar-refractivity contribution in [3.63, 3.8) is 0 Å². The minimum absolute atomic E-state index is 0. The van der Waals surface area contributed by atoms with E-state index in [1.54, 1.807) is 11.1 Å². The average molecular weight is 465 g/mol.